The first kappa shape index (κ1) is 20.1. The Kier molecular flexibility index (Phi) is 8.66. The summed E-state index contributed by atoms with van der Waals surface area (Å²) in [7, 11) is 0. The molecule has 0 fully saturated rings. The first-order valence-electron chi connectivity index (χ1n) is 5.77. The predicted octanol–water partition coefficient (Wildman–Crippen LogP) is 1.03. The van der Waals surface area contributed by atoms with E-state index in [4.69, 9.17) is 0 Å². The molecule has 0 unspecified atom stereocenters. The minimum atomic E-state index is -0.639. The van der Waals surface area contributed by atoms with Crippen LogP contribution in [0.15, 0.2) is 68.5 Å². The minimum Gasteiger partial charge on any atom is -0.870 e. The summed E-state index contributed by atoms with van der Waals surface area (Å²) in [6, 6.07) is 8.93. The van der Waals surface area contributed by atoms with Crippen molar-refractivity contribution in [3.63, 3.8) is 0 Å². The second kappa shape index (κ2) is 9.92. The maximum absolute atomic E-state index is 10.6. The SMILES string of the molecule is O=Nc1ccc([O-])c(=O)cc1.O=Nc1ccc([O-])c(=O)cc1.[Co+2]. The Labute approximate surface area is 139 Å². The third-order valence-electron chi connectivity index (χ3n) is 2.32. The van der Waals surface area contributed by atoms with Gasteiger partial charge >= 0.3 is 16.8 Å². The van der Waals surface area contributed by atoms with Gasteiger partial charge in [-0.3, -0.25) is 9.59 Å². The van der Waals surface area contributed by atoms with E-state index < -0.39 is 22.4 Å². The standard InChI is InChI=1S/2C7H5NO3.Co/c2*9-6-3-1-5(8-11)2-4-7(6)10;/h2*1-4H,(H,9,10);/q;;+2/p-2. The monoisotopic (exact) mass is 359 g/mol. The zero-order chi connectivity index (χ0) is 16.5. The van der Waals surface area contributed by atoms with E-state index in [2.05, 4.69) is 10.4 Å². The van der Waals surface area contributed by atoms with Gasteiger partial charge in [0.1, 0.15) is 11.4 Å². The normalized spacial score (nSPS) is 8.70. The summed E-state index contributed by atoms with van der Waals surface area (Å²) in [6.07, 6.45) is 0. The molecule has 0 bridgehead atoms. The molecule has 119 valence electrons. The van der Waals surface area contributed by atoms with E-state index in [0.29, 0.717) is 0 Å². The van der Waals surface area contributed by atoms with Crippen molar-refractivity contribution in [1.29, 1.82) is 0 Å². The molecule has 0 aromatic heterocycles. The molecule has 0 amide bonds. The Morgan fingerprint density at radius 1 is 0.609 bits per heavy atom. The Morgan fingerprint density at radius 3 is 1.22 bits per heavy atom. The van der Waals surface area contributed by atoms with Crippen LogP contribution in [0.3, 0.4) is 0 Å². The topological polar surface area (TPSA) is 139 Å². The molecular weight excluding hydrogens is 351 g/mol. The van der Waals surface area contributed by atoms with Gasteiger partial charge in [-0.1, -0.05) is 23.6 Å². The molecule has 0 saturated heterocycles. The Morgan fingerprint density at radius 2 is 0.913 bits per heavy atom. The van der Waals surface area contributed by atoms with Crippen molar-refractivity contribution in [3.05, 3.63) is 78.8 Å². The van der Waals surface area contributed by atoms with Crippen LogP contribution in [0.5, 0.6) is 11.5 Å². The van der Waals surface area contributed by atoms with E-state index >= 15 is 0 Å². The van der Waals surface area contributed by atoms with E-state index in [1.165, 1.54) is 24.3 Å². The first-order chi connectivity index (χ1) is 10.5. The third kappa shape index (κ3) is 6.59. The summed E-state index contributed by atoms with van der Waals surface area (Å²) < 4.78 is 0. The molecular formula is C14H8CoN2O6. The average Bonchev–Trinajstić information content (AvgIpc) is 2.79. The van der Waals surface area contributed by atoms with Crippen LogP contribution in [0.1, 0.15) is 0 Å². The van der Waals surface area contributed by atoms with Crippen molar-refractivity contribution in [2.45, 2.75) is 0 Å². The van der Waals surface area contributed by atoms with Gasteiger partial charge in [-0.25, -0.2) is 0 Å². The minimum absolute atomic E-state index is 0. The molecule has 9 heteroatoms. The van der Waals surface area contributed by atoms with E-state index in [0.717, 1.165) is 24.3 Å². The summed E-state index contributed by atoms with van der Waals surface area (Å²) >= 11 is 0. The van der Waals surface area contributed by atoms with Crippen LogP contribution >= 0.6 is 0 Å². The van der Waals surface area contributed by atoms with Crippen LogP contribution in [-0.2, 0) is 16.8 Å². The predicted molar refractivity (Wildman–Crippen MR) is 75.2 cm³/mol. The van der Waals surface area contributed by atoms with Crippen molar-refractivity contribution < 1.29 is 27.0 Å². The van der Waals surface area contributed by atoms with Gasteiger partial charge in [-0.2, -0.15) is 0 Å². The number of rotatable bonds is 2. The summed E-state index contributed by atoms with van der Waals surface area (Å²) in [5, 5.41) is 26.4. The smallest absolute Gasteiger partial charge is 0.870 e. The first-order valence-corrected chi connectivity index (χ1v) is 5.77. The largest absolute Gasteiger partial charge is 2.00 e. The maximum Gasteiger partial charge on any atom is 2.00 e. The fourth-order valence-corrected chi connectivity index (χ4v) is 1.21. The molecule has 23 heavy (non-hydrogen) atoms. The van der Waals surface area contributed by atoms with E-state index in [1.54, 1.807) is 0 Å². The maximum atomic E-state index is 10.6. The van der Waals surface area contributed by atoms with Gasteiger partial charge in [-0.15, -0.1) is 9.81 Å². The fourth-order valence-electron chi connectivity index (χ4n) is 1.21. The molecule has 0 aliphatic carbocycles. The molecule has 0 saturated carbocycles. The number of hydrogen-bond donors (Lipinski definition) is 0. The van der Waals surface area contributed by atoms with Crippen LogP contribution in [0.2, 0.25) is 0 Å². The molecule has 2 aromatic carbocycles. The fraction of sp³-hybridized carbons (Fsp3) is 0. The van der Waals surface area contributed by atoms with E-state index in [1.807, 2.05) is 0 Å². The molecule has 8 nitrogen and oxygen atoms in total. The van der Waals surface area contributed by atoms with Gasteiger partial charge in [0, 0.05) is 0 Å². The Hall–Kier alpha value is -2.91. The van der Waals surface area contributed by atoms with Gasteiger partial charge in [0.05, 0.1) is 0 Å². The van der Waals surface area contributed by atoms with E-state index in [-0.39, 0.29) is 28.2 Å². The molecule has 0 aliphatic rings. The van der Waals surface area contributed by atoms with Crippen LogP contribution in [0.25, 0.3) is 0 Å². The van der Waals surface area contributed by atoms with Crippen molar-refractivity contribution >= 4 is 11.4 Å². The quantitative estimate of drug-likeness (QED) is 0.734. The zero-order valence-corrected chi connectivity index (χ0v) is 12.3. The molecule has 0 heterocycles. The summed E-state index contributed by atoms with van der Waals surface area (Å²) in [5.41, 5.74) is -1.13. The van der Waals surface area contributed by atoms with Crippen LogP contribution in [-0.4, -0.2) is 0 Å². The van der Waals surface area contributed by atoms with Gasteiger partial charge in [0.15, 0.2) is 10.9 Å². The van der Waals surface area contributed by atoms with Gasteiger partial charge < -0.3 is 10.2 Å². The number of nitrogens with zero attached hydrogens (tertiary/aromatic N) is 2. The van der Waals surface area contributed by atoms with Crippen LogP contribution < -0.4 is 21.1 Å². The molecule has 0 N–H and O–H groups in total. The summed E-state index contributed by atoms with van der Waals surface area (Å²) in [5.74, 6) is -1.28. The van der Waals surface area contributed by atoms with Crippen molar-refractivity contribution in [2.24, 2.45) is 10.4 Å². The van der Waals surface area contributed by atoms with Crippen molar-refractivity contribution in [1.82, 2.24) is 0 Å². The number of hydrogen-bond acceptors (Lipinski definition) is 8. The van der Waals surface area contributed by atoms with Gasteiger partial charge in [-0.05, 0) is 46.8 Å². The molecule has 0 spiro atoms. The Bertz CT molecular complexity index is 744. The molecule has 0 atom stereocenters. The second-order valence-corrected chi connectivity index (χ2v) is 3.82. The Balaban J connectivity index is 0.000000403. The average molecular weight is 359 g/mol. The van der Waals surface area contributed by atoms with Crippen molar-refractivity contribution in [3.8, 4) is 11.5 Å². The second-order valence-electron chi connectivity index (χ2n) is 3.82. The summed E-state index contributed by atoms with van der Waals surface area (Å²) in [4.78, 5) is 41.1. The summed E-state index contributed by atoms with van der Waals surface area (Å²) in [6.45, 7) is 0. The molecule has 2 rings (SSSR count). The molecule has 0 aliphatic heterocycles. The van der Waals surface area contributed by atoms with Crippen LogP contribution in [0, 0.1) is 9.81 Å². The van der Waals surface area contributed by atoms with Gasteiger partial charge in [0.2, 0.25) is 0 Å². The molecule has 2 aromatic rings. The van der Waals surface area contributed by atoms with Crippen LogP contribution in [0.4, 0.5) is 11.4 Å². The van der Waals surface area contributed by atoms with Crippen molar-refractivity contribution in [2.75, 3.05) is 0 Å². The van der Waals surface area contributed by atoms with E-state index in [9.17, 15) is 29.6 Å². The molecule has 1 radical (unpaired) electrons. The van der Waals surface area contributed by atoms with Gasteiger partial charge in [0.25, 0.3) is 0 Å². The third-order valence-corrected chi connectivity index (χ3v) is 2.32. The zero-order valence-electron chi connectivity index (χ0n) is 11.3. The number of nitroso groups, excluding NO2 is 2.